The highest BCUT2D eigenvalue weighted by Crippen LogP contribution is 2.50. The summed E-state index contributed by atoms with van der Waals surface area (Å²) in [6, 6.07) is 4.74. The molecule has 0 radical (unpaired) electrons. The summed E-state index contributed by atoms with van der Waals surface area (Å²) < 4.78 is 76.1. The number of nitriles is 1. The zero-order valence-electron chi connectivity index (χ0n) is 11.5. The summed E-state index contributed by atoms with van der Waals surface area (Å²) in [5.74, 6) is 0. The Morgan fingerprint density at radius 2 is 1.36 bits per heavy atom. The van der Waals surface area contributed by atoms with Crippen molar-refractivity contribution in [3.63, 3.8) is 0 Å². The van der Waals surface area contributed by atoms with E-state index in [4.69, 9.17) is 5.26 Å². The Kier molecular flexibility index (Phi) is 4.40. The number of benzene rings is 1. The molecule has 0 spiro atoms. The van der Waals surface area contributed by atoms with Crippen LogP contribution in [0.5, 0.6) is 0 Å². The summed E-state index contributed by atoms with van der Waals surface area (Å²) >= 11 is 0. The van der Waals surface area contributed by atoms with Gasteiger partial charge in [-0.15, -0.1) is 0 Å². The number of hydrogen-bond acceptors (Lipinski definition) is 3. The molecule has 0 aliphatic carbocycles. The van der Waals surface area contributed by atoms with E-state index < -0.39 is 29.1 Å². The third-order valence-electron chi connectivity index (χ3n) is 2.86. The average Bonchev–Trinajstić information content (AvgIpc) is 2.35. The van der Waals surface area contributed by atoms with E-state index in [1.54, 1.807) is 0 Å². The van der Waals surface area contributed by atoms with Crippen molar-refractivity contribution in [1.82, 2.24) is 0 Å². The first kappa shape index (κ1) is 18.1. The van der Waals surface area contributed by atoms with Gasteiger partial charge in [0, 0.05) is 11.3 Å². The van der Waals surface area contributed by atoms with Crippen LogP contribution in [0.2, 0.25) is 0 Å². The molecule has 0 unspecified atom stereocenters. The maximum atomic E-state index is 12.7. The molecule has 1 aromatic carbocycles. The molecule has 0 bridgehead atoms. The van der Waals surface area contributed by atoms with Crippen LogP contribution >= 0.6 is 0 Å². The van der Waals surface area contributed by atoms with E-state index in [9.17, 15) is 31.4 Å². The van der Waals surface area contributed by atoms with Crippen LogP contribution in [-0.4, -0.2) is 23.0 Å². The van der Waals surface area contributed by atoms with Gasteiger partial charge in [0.1, 0.15) is 5.54 Å². The number of alkyl halides is 6. The van der Waals surface area contributed by atoms with Crippen molar-refractivity contribution in [1.29, 1.82) is 5.26 Å². The van der Waals surface area contributed by atoms with Gasteiger partial charge in [-0.25, -0.2) is 0 Å². The normalized spacial score (nSPS) is 13.6. The smallest absolute Gasteiger partial charge is 0.369 e. The third kappa shape index (κ3) is 3.27. The average molecular weight is 326 g/mol. The Morgan fingerprint density at radius 1 is 0.955 bits per heavy atom. The molecule has 0 aromatic heterocycles. The highest BCUT2D eigenvalue weighted by Gasteiger charge is 2.71. The number of aliphatic hydroxyl groups is 1. The molecule has 0 saturated carbocycles. The Labute approximate surface area is 122 Å². The number of hydrogen-bond donors (Lipinski definition) is 2. The zero-order chi connectivity index (χ0) is 17.4. The fourth-order valence-corrected chi connectivity index (χ4v) is 1.67. The van der Waals surface area contributed by atoms with E-state index in [0.717, 1.165) is 12.1 Å². The lowest BCUT2D eigenvalue weighted by atomic mass is 9.92. The lowest BCUT2D eigenvalue weighted by Gasteiger charge is -2.32. The molecule has 122 valence electrons. The van der Waals surface area contributed by atoms with Crippen LogP contribution in [-0.2, 0) is 5.60 Å². The number of rotatable bonds is 3. The van der Waals surface area contributed by atoms with Crippen molar-refractivity contribution in [2.75, 3.05) is 5.32 Å². The first-order valence-electron chi connectivity index (χ1n) is 5.90. The van der Waals surface area contributed by atoms with E-state index >= 15 is 0 Å². The maximum absolute atomic E-state index is 12.7. The monoisotopic (exact) mass is 326 g/mol. The number of halogens is 6. The van der Waals surface area contributed by atoms with Crippen LogP contribution in [0, 0.1) is 11.3 Å². The van der Waals surface area contributed by atoms with E-state index in [2.05, 4.69) is 5.32 Å². The standard InChI is InChI=1S/C13H12F6N2O/c1-10(2,7-20)21-9-5-3-8(4-6-9)11(22,12(14,15)16)13(17,18)19/h3-6,21-22H,1-2H3. The Morgan fingerprint density at radius 3 is 1.68 bits per heavy atom. The van der Waals surface area contributed by atoms with Crippen molar-refractivity contribution in [3.8, 4) is 6.07 Å². The fourth-order valence-electron chi connectivity index (χ4n) is 1.67. The highest BCUT2D eigenvalue weighted by molar-refractivity contribution is 5.49. The van der Waals surface area contributed by atoms with Crippen molar-refractivity contribution >= 4 is 5.69 Å². The molecule has 0 atom stereocenters. The summed E-state index contributed by atoms with van der Waals surface area (Å²) in [4.78, 5) is 0. The zero-order valence-corrected chi connectivity index (χ0v) is 11.5. The van der Waals surface area contributed by atoms with Gasteiger partial charge in [0.25, 0.3) is 5.60 Å². The Hall–Kier alpha value is -1.95. The maximum Gasteiger partial charge on any atom is 0.430 e. The molecule has 1 rings (SSSR count). The van der Waals surface area contributed by atoms with E-state index in [1.165, 1.54) is 13.8 Å². The van der Waals surface area contributed by atoms with Crippen molar-refractivity contribution in [2.45, 2.75) is 37.3 Å². The van der Waals surface area contributed by atoms with E-state index in [1.807, 2.05) is 6.07 Å². The summed E-state index contributed by atoms with van der Waals surface area (Å²) in [5.41, 5.74) is -7.23. The first-order valence-corrected chi connectivity index (χ1v) is 5.90. The van der Waals surface area contributed by atoms with Crippen LogP contribution in [0.3, 0.4) is 0 Å². The molecule has 22 heavy (non-hydrogen) atoms. The Balaban J connectivity index is 3.25. The minimum absolute atomic E-state index is 0.141. The molecule has 0 amide bonds. The highest BCUT2D eigenvalue weighted by atomic mass is 19.4. The van der Waals surface area contributed by atoms with Gasteiger partial charge in [-0.05, 0) is 26.0 Å². The number of anilines is 1. The Bertz CT molecular complexity index is 554. The number of nitrogens with one attached hydrogen (secondary N) is 1. The largest absolute Gasteiger partial charge is 0.430 e. The van der Waals surface area contributed by atoms with Gasteiger partial charge in [-0.3, -0.25) is 0 Å². The van der Waals surface area contributed by atoms with Crippen molar-refractivity contribution in [2.24, 2.45) is 0 Å². The second-order valence-electron chi connectivity index (χ2n) is 5.15. The third-order valence-corrected chi connectivity index (χ3v) is 2.86. The molecule has 0 saturated heterocycles. The molecule has 3 nitrogen and oxygen atoms in total. The topological polar surface area (TPSA) is 56.0 Å². The molecule has 2 N–H and O–H groups in total. The first-order chi connectivity index (χ1) is 9.74. The SMILES string of the molecule is CC(C)(C#N)Nc1ccc(C(O)(C(F)(F)F)C(F)(F)F)cc1. The van der Waals surface area contributed by atoms with Crippen LogP contribution in [0.1, 0.15) is 19.4 Å². The molecular formula is C13H12F6N2O. The second-order valence-corrected chi connectivity index (χ2v) is 5.15. The van der Waals surface area contributed by atoms with Gasteiger partial charge in [0.2, 0.25) is 0 Å². The van der Waals surface area contributed by atoms with E-state index in [0.29, 0.717) is 12.1 Å². The molecular weight excluding hydrogens is 314 g/mol. The van der Waals surface area contributed by atoms with Crippen molar-refractivity contribution in [3.05, 3.63) is 29.8 Å². The van der Waals surface area contributed by atoms with Crippen LogP contribution in [0.15, 0.2) is 24.3 Å². The molecule has 1 aromatic rings. The molecule has 9 heteroatoms. The predicted molar refractivity (Wildman–Crippen MR) is 65.8 cm³/mol. The van der Waals surface area contributed by atoms with Gasteiger partial charge >= 0.3 is 12.4 Å². The van der Waals surface area contributed by atoms with E-state index in [-0.39, 0.29) is 5.69 Å². The predicted octanol–water partition coefficient (Wildman–Crippen LogP) is 3.71. The fraction of sp³-hybridized carbons (Fsp3) is 0.462. The lowest BCUT2D eigenvalue weighted by molar-refractivity contribution is -0.376. The van der Waals surface area contributed by atoms with Crippen LogP contribution < -0.4 is 5.32 Å². The second kappa shape index (κ2) is 5.35. The summed E-state index contributed by atoms with van der Waals surface area (Å²) in [7, 11) is 0. The van der Waals surface area contributed by atoms with Gasteiger partial charge in [0.15, 0.2) is 0 Å². The van der Waals surface area contributed by atoms with Gasteiger partial charge in [0.05, 0.1) is 6.07 Å². The molecule has 0 aliphatic rings. The van der Waals surface area contributed by atoms with Gasteiger partial charge in [-0.1, -0.05) is 12.1 Å². The minimum Gasteiger partial charge on any atom is -0.369 e. The van der Waals surface area contributed by atoms with Gasteiger partial charge in [-0.2, -0.15) is 31.6 Å². The molecule has 0 heterocycles. The van der Waals surface area contributed by atoms with Crippen molar-refractivity contribution < 1.29 is 31.4 Å². The molecule has 0 aliphatic heterocycles. The summed E-state index contributed by atoms with van der Waals surface area (Å²) in [6.45, 7) is 2.95. The quantitative estimate of drug-likeness (QED) is 0.833. The minimum atomic E-state index is -5.92. The number of nitrogens with zero attached hydrogens (tertiary/aromatic N) is 1. The summed E-state index contributed by atoms with van der Waals surface area (Å²) in [5, 5.41) is 20.6. The lowest BCUT2D eigenvalue weighted by Crippen LogP contribution is -2.53. The van der Waals surface area contributed by atoms with Crippen LogP contribution in [0.25, 0.3) is 0 Å². The van der Waals surface area contributed by atoms with Gasteiger partial charge < -0.3 is 10.4 Å². The summed E-state index contributed by atoms with van der Waals surface area (Å²) in [6.07, 6.45) is -11.8. The van der Waals surface area contributed by atoms with Crippen LogP contribution in [0.4, 0.5) is 32.0 Å². The molecule has 0 fully saturated rings.